The first-order chi connectivity index (χ1) is 9.66. The van der Waals surface area contributed by atoms with Gasteiger partial charge < -0.3 is 14.6 Å². The second-order valence-corrected chi connectivity index (χ2v) is 6.19. The predicted octanol–water partition coefficient (Wildman–Crippen LogP) is 3.29. The Balaban J connectivity index is 1.79. The number of hydrogen-bond acceptors (Lipinski definition) is 3. The summed E-state index contributed by atoms with van der Waals surface area (Å²) in [6.45, 7) is 8.35. The van der Waals surface area contributed by atoms with Gasteiger partial charge in [0.2, 0.25) is 0 Å². The molecule has 0 aliphatic carbocycles. The van der Waals surface area contributed by atoms with Crippen molar-refractivity contribution in [3.8, 4) is 0 Å². The zero-order valence-corrected chi connectivity index (χ0v) is 13.1. The van der Waals surface area contributed by atoms with Crippen LogP contribution in [0.15, 0.2) is 12.5 Å². The monoisotopic (exact) mass is 279 g/mol. The second kappa shape index (κ2) is 7.79. The van der Waals surface area contributed by atoms with Crippen LogP contribution in [-0.4, -0.2) is 28.3 Å². The third-order valence-electron chi connectivity index (χ3n) is 3.96. The van der Waals surface area contributed by atoms with Crippen molar-refractivity contribution in [2.24, 2.45) is 0 Å². The fourth-order valence-corrected chi connectivity index (χ4v) is 2.88. The topological polar surface area (TPSA) is 39.1 Å². The summed E-state index contributed by atoms with van der Waals surface area (Å²) in [5.74, 6) is 0. The minimum absolute atomic E-state index is 0.340. The van der Waals surface area contributed by atoms with Crippen LogP contribution >= 0.6 is 0 Å². The molecule has 4 nitrogen and oxygen atoms in total. The molecule has 1 aliphatic rings. The number of hydrogen-bond donors (Lipinski definition) is 1. The standard InChI is InChI=1S/C16H29N3O/c1-13(2)20-10-5-4-9-19-12-17-11-16(19)15-8-6-7-14(3)18-15/h11-15,18H,4-10H2,1-3H3. The Bertz CT molecular complexity index is 389. The fourth-order valence-electron chi connectivity index (χ4n) is 2.88. The van der Waals surface area contributed by atoms with Crippen molar-refractivity contribution < 1.29 is 4.74 Å². The third-order valence-corrected chi connectivity index (χ3v) is 3.96. The van der Waals surface area contributed by atoms with Crippen LogP contribution in [-0.2, 0) is 11.3 Å². The summed E-state index contributed by atoms with van der Waals surface area (Å²) in [4.78, 5) is 4.34. The van der Waals surface area contributed by atoms with E-state index >= 15 is 0 Å². The zero-order valence-electron chi connectivity index (χ0n) is 13.1. The smallest absolute Gasteiger partial charge is 0.0948 e. The lowest BCUT2D eigenvalue weighted by Gasteiger charge is -2.29. The highest BCUT2D eigenvalue weighted by molar-refractivity contribution is 5.07. The largest absolute Gasteiger partial charge is 0.379 e. The van der Waals surface area contributed by atoms with E-state index in [0.717, 1.165) is 26.0 Å². The van der Waals surface area contributed by atoms with Crippen molar-refractivity contribution in [2.45, 2.75) is 77.6 Å². The second-order valence-electron chi connectivity index (χ2n) is 6.19. The van der Waals surface area contributed by atoms with Gasteiger partial charge >= 0.3 is 0 Å². The molecule has 1 N–H and O–H groups in total. The van der Waals surface area contributed by atoms with E-state index in [2.05, 4.69) is 35.6 Å². The Morgan fingerprint density at radius 3 is 3.00 bits per heavy atom. The molecule has 20 heavy (non-hydrogen) atoms. The number of rotatable bonds is 7. The van der Waals surface area contributed by atoms with E-state index in [0.29, 0.717) is 18.2 Å². The summed E-state index contributed by atoms with van der Waals surface area (Å²) in [6.07, 6.45) is 10.4. The van der Waals surface area contributed by atoms with Crippen molar-refractivity contribution in [1.82, 2.24) is 14.9 Å². The van der Waals surface area contributed by atoms with Gasteiger partial charge in [0.25, 0.3) is 0 Å². The van der Waals surface area contributed by atoms with Gasteiger partial charge in [-0.1, -0.05) is 0 Å². The molecule has 0 radical (unpaired) electrons. The summed E-state index contributed by atoms with van der Waals surface area (Å²) in [5, 5.41) is 3.69. The van der Waals surface area contributed by atoms with Gasteiger partial charge in [0, 0.05) is 31.4 Å². The van der Waals surface area contributed by atoms with E-state index in [-0.39, 0.29) is 0 Å². The van der Waals surface area contributed by atoms with Crippen molar-refractivity contribution in [3.63, 3.8) is 0 Å². The first-order valence-corrected chi connectivity index (χ1v) is 8.04. The molecule has 2 heterocycles. The third kappa shape index (κ3) is 4.60. The lowest BCUT2D eigenvalue weighted by molar-refractivity contribution is 0.0754. The number of imidazole rings is 1. The first-order valence-electron chi connectivity index (χ1n) is 8.04. The minimum Gasteiger partial charge on any atom is -0.379 e. The zero-order chi connectivity index (χ0) is 14.4. The summed E-state index contributed by atoms with van der Waals surface area (Å²) in [6, 6.07) is 1.10. The summed E-state index contributed by atoms with van der Waals surface area (Å²) in [7, 11) is 0. The molecule has 1 aromatic heterocycles. The van der Waals surface area contributed by atoms with Gasteiger partial charge in [0.1, 0.15) is 0 Å². The van der Waals surface area contributed by atoms with E-state index in [1.54, 1.807) is 0 Å². The van der Waals surface area contributed by atoms with E-state index in [9.17, 15) is 0 Å². The maximum Gasteiger partial charge on any atom is 0.0948 e. The van der Waals surface area contributed by atoms with Gasteiger partial charge in [-0.05, 0) is 52.9 Å². The quantitative estimate of drug-likeness (QED) is 0.778. The first kappa shape index (κ1) is 15.5. The molecule has 2 unspecified atom stereocenters. The van der Waals surface area contributed by atoms with E-state index in [1.807, 2.05) is 12.5 Å². The van der Waals surface area contributed by atoms with Crippen LogP contribution < -0.4 is 5.32 Å². The van der Waals surface area contributed by atoms with Gasteiger partial charge in [-0.15, -0.1) is 0 Å². The van der Waals surface area contributed by atoms with Crippen LogP contribution in [0.25, 0.3) is 0 Å². The molecule has 2 rings (SSSR count). The Kier molecular flexibility index (Phi) is 6.05. The molecular formula is C16H29N3O. The van der Waals surface area contributed by atoms with Crippen LogP contribution in [0, 0.1) is 0 Å². The van der Waals surface area contributed by atoms with Gasteiger partial charge in [0.15, 0.2) is 0 Å². The number of aromatic nitrogens is 2. The van der Waals surface area contributed by atoms with Crippen molar-refractivity contribution in [1.29, 1.82) is 0 Å². The molecule has 0 saturated carbocycles. The molecule has 0 bridgehead atoms. The van der Waals surface area contributed by atoms with Crippen LogP contribution in [0.3, 0.4) is 0 Å². The van der Waals surface area contributed by atoms with Gasteiger partial charge in [-0.3, -0.25) is 0 Å². The maximum absolute atomic E-state index is 5.58. The number of nitrogens with zero attached hydrogens (tertiary/aromatic N) is 2. The van der Waals surface area contributed by atoms with Gasteiger partial charge in [-0.2, -0.15) is 0 Å². The molecule has 0 amide bonds. The average molecular weight is 279 g/mol. The predicted molar refractivity (Wildman–Crippen MR) is 81.7 cm³/mol. The SMILES string of the molecule is CC1CCCC(c2cncn2CCCCOC(C)C)N1. The maximum atomic E-state index is 5.58. The van der Waals surface area contributed by atoms with Gasteiger partial charge in [0.05, 0.1) is 18.1 Å². The summed E-state index contributed by atoms with van der Waals surface area (Å²) < 4.78 is 7.90. The molecule has 0 spiro atoms. The normalized spacial score (nSPS) is 23.4. The Hall–Kier alpha value is -0.870. The van der Waals surface area contributed by atoms with Gasteiger partial charge in [-0.25, -0.2) is 4.98 Å². The molecule has 1 saturated heterocycles. The van der Waals surface area contributed by atoms with E-state index < -0.39 is 0 Å². The molecule has 1 aromatic rings. The minimum atomic E-state index is 0.340. The molecular weight excluding hydrogens is 250 g/mol. The van der Waals surface area contributed by atoms with Crippen molar-refractivity contribution in [3.05, 3.63) is 18.2 Å². The average Bonchev–Trinajstić information content (AvgIpc) is 2.86. The Labute approximate surface area is 122 Å². The number of unbranched alkanes of at least 4 members (excludes halogenated alkanes) is 1. The number of piperidine rings is 1. The van der Waals surface area contributed by atoms with Crippen molar-refractivity contribution >= 4 is 0 Å². The van der Waals surface area contributed by atoms with Crippen LogP contribution in [0.4, 0.5) is 0 Å². The fraction of sp³-hybridized carbons (Fsp3) is 0.812. The van der Waals surface area contributed by atoms with Crippen molar-refractivity contribution in [2.75, 3.05) is 6.61 Å². The molecule has 2 atom stereocenters. The lowest BCUT2D eigenvalue weighted by atomic mass is 9.97. The highest BCUT2D eigenvalue weighted by Gasteiger charge is 2.21. The van der Waals surface area contributed by atoms with Crippen LogP contribution in [0.1, 0.15) is 64.6 Å². The molecule has 1 fully saturated rings. The van der Waals surface area contributed by atoms with E-state index in [4.69, 9.17) is 4.74 Å². The molecule has 1 aliphatic heterocycles. The Morgan fingerprint density at radius 1 is 1.40 bits per heavy atom. The van der Waals surface area contributed by atoms with Crippen LogP contribution in [0.2, 0.25) is 0 Å². The number of nitrogens with one attached hydrogen (secondary N) is 1. The molecule has 0 aromatic carbocycles. The highest BCUT2D eigenvalue weighted by atomic mass is 16.5. The Morgan fingerprint density at radius 2 is 2.25 bits per heavy atom. The number of ether oxygens (including phenoxy) is 1. The van der Waals surface area contributed by atoms with E-state index in [1.165, 1.54) is 25.0 Å². The molecule has 114 valence electrons. The molecule has 4 heteroatoms. The summed E-state index contributed by atoms with van der Waals surface area (Å²) in [5.41, 5.74) is 1.35. The number of aryl methyl sites for hydroxylation is 1. The lowest BCUT2D eigenvalue weighted by Crippen LogP contribution is -2.35. The highest BCUT2D eigenvalue weighted by Crippen LogP contribution is 2.25. The van der Waals surface area contributed by atoms with Crippen LogP contribution in [0.5, 0.6) is 0 Å². The summed E-state index contributed by atoms with van der Waals surface area (Å²) >= 11 is 0.